The van der Waals surface area contributed by atoms with Crippen LogP contribution in [0.4, 0.5) is 0 Å². The molecule has 0 aromatic carbocycles. The van der Waals surface area contributed by atoms with E-state index in [1.54, 1.807) is 114 Å². The molecule has 27 heteroatoms. The first-order chi connectivity index (χ1) is 63.9. The number of aliphatic hydroxyl groups excluding tert-OH is 2. The third-order valence-electron chi connectivity index (χ3n) is 20.4. The Bertz CT molecular complexity index is 6370. The summed E-state index contributed by atoms with van der Waals surface area (Å²) in [4.78, 5) is 81.2. The van der Waals surface area contributed by atoms with Gasteiger partial charge in [-0.3, -0.25) is 59.8 Å². The standard InChI is InChI=1S/C24H22N4O4.2C24H22N4.C12H12N2O2.2C12H12N2.3Co/c1-31-17-3-5-25-19(11-17)21-7-15(13-29)9-23(27-21)24-10-16(14-30)8-22(28-24)20-12-18(32-2)4-6-26-20;2*1-15-5-7-25-19(9-15)21-11-17(3)13-23(27-21)24-14-18(4)12-22(28-24)20-10-16(2)6-8-26-20;1-15-9-3-5-13-11(7-9)12-8-10(16-2)4-6-14-12;2*1-9-3-5-13-11(7-9)12-8-10(2)4-6-14-12;;;/h3-12,29-30H,13-14H2,1-2H3;2*5-14H,1-4H3;3-8H,1-2H3;2*3-8H,1-2H3;;;. The Kier molecular flexibility index (Phi) is 37.7. The number of methoxy groups -OCH3 is 4. The summed E-state index contributed by atoms with van der Waals surface area (Å²) < 4.78 is 20.8. The summed E-state index contributed by atoms with van der Waals surface area (Å²) in [5.74, 6) is 2.82. The SMILES string of the molecule is COc1ccnc(-c2cc(CO)cc(-c3cc(CO)cc(-c4cc(OC)ccn4)n3)n2)c1.COc1ccnc(-c2cc(OC)ccn2)c1.Cc1ccnc(-c2cc(C)cc(-c3cc(C)cc(-c4cc(C)ccn4)n3)n2)c1.Cc1ccnc(-c2cc(C)cc(-c3cc(C)cc(-c4cc(C)ccn4)n3)n2)c1.Cc1ccnc(-c2cc(C)ccn2)c1.Cc1ccnc(-c2cc(C)ccn2)c1.[Co].[Co].[Co]. The van der Waals surface area contributed by atoms with E-state index in [4.69, 9.17) is 48.9 Å². The van der Waals surface area contributed by atoms with Gasteiger partial charge in [-0.15, -0.1) is 0 Å². The molecule has 687 valence electrons. The fourth-order valence-corrected chi connectivity index (χ4v) is 13.7. The van der Waals surface area contributed by atoms with Gasteiger partial charge in [0.25, 0.3) is 0 Å². The van der Waals surface area contributed by atoms with Crippen molar-refractivity contribution in [3.8, 4) is 160 Å². The van der Waals surface area contributed by atoms with Crippen LogP contribution in [0, 0.1) is 83.1 Å². The van der Waals surface area contributed by atoms with Crippen LogP contribution >= 0.6 is 0 Å². The molecule has 18 heterocycles. The second kappa shape index (κ2) is 49.7. The topological polar surface area (TPSA) is 309 Å². The maximum Gasteiger partial charge on any atom is 0.122 e. The summed E-state index contributed by atoms with van der Waals surface area (Å²) in [5.41, 5.74) is 34.3. The van der Waals surface area contributed by atoms with Gasteiger partial charge in [-0.2, -0.15) is 0 Å². The number of rotatable bonds is 18. The second-order valence-corrected chi connectivity index (χ2v) is 31.5. The Labute approximate surface area is 818 Å². The van der Waals surface area contributed by atoms with Crippen molar-refractivity contribution < 1.29 is 79.5 Å². The average Bonchev–Trinajstić information content (AvgIpc) is 0.791. The average molecular weight is 1920 g/mol. The molecular formula is C108H102Co3N18O6. The molecule has 3 radical (unpaired) electrons. The van der Waals surface area contributed by atoms with Crippen molar-refractivity contribution in [2.24, 2.45) is 0 Å². The van der Waals surface area contributed by atoms with Crippen molar-refractivity contribution in [1.82, 2.24) is 89.7 Å². The van der Waals surface area contributed by atoms with Gasteiger partial charge >= 0.3 is 0 Å². The molecule has 135 heavy (non-hydrogen) atoms. The normalized spacial score (nSPS) is 10.3. The van der Waals surface area contributed by atoms with E-state index in [1.165, 1.54) is 22.3 Å². The van der Waals surface area contributed by atoms with E-state index < -0.39 is 0 Å². The zero-order valence-corrected chi connectivity index (χ0v) is 80.8. The molecule has 18 aromatic rings. The number of hydrogen-bond donors (Lipinski definition) is 2. The molecule has 0 aliphatic carbocycles. The van der Waals surface area contributed by atoms with Gasteiger partial charge in [-0.1, -0.05) is 0 Å². The molecule has 0 fully saturated rings. The number of aliphatic hydroxyl groups is 2. The Morgan fingerprint density at radius 2 is 0.281 bits per heavy atom. The smallest absolute Gasteiger partial charge is 0.122 e. The first-order valence-corrected chi connectivity index (χ1v) is 42.6. The molecule has 0 amide bonds. The number of hydrogen-bond acceptors (Lipinski definition) is 24. The molecular weight excluding hydrogens is 1820 g/mol. The number of pyridine rings is 18. The van der Waals surface area contributed by atoms with Crippen molar-refractivity contribution in [2.45, 2.75) is 96.3 Å². The van der Waals surface area contributed by atoms with E-state index >= 15 is 0 Å². The fourth-order valence-electron chi connectivity index (χ4n) is 13.7. The monoisotopic (exact) mass is 1920 g/mol. The van der Waals surface area contributed by atoms with E-state index in [9.17, 15) is 10.2 Å². The van der Waals surface area contributed by atoms with Gasteiger partial charge in [0.1, 0.15) is 23.0 Å². The van der Waals surface area contributed by atoms with Gasteiger partial charge in [-0.05, 0) is 355 Å². The van der Waals surface area contributed by atoms with Gasteiger partial charge in [0, 0.05) is 149 Å². The van der Waals surface area contributed by atoms with Crippen molar-refractivity contribution >= 4 is 0 Å². The van der Waals surface area contributed by atoms with Crippen LogP contribution in [0.25, 0.3) is 137 Å². The zero-order chi connectivity index (χ0) is 93.2. The van der Waals surface area contributed by atoms with Crippen LogP contribution in [0.1, 0.15) is 77.9 Å². The van der Waals surface area contributed by atoms with Crippen molar-refractivity contribution in [3.63, 3.8) is 0 Å². The Morgan fingerprint density at radius 3 is 0.437 bits per heavy atom. The van der Waals surface area contributed by atoms with Crippen molar-refractivity contribution in [1.29, 1.82) is 0 Å². The predicted octanol–water partition coefficient (Wildman–Crippen LogP) is 21.9. The van der Waals surface area contributed by atoms with Crippen LogP contribution < -0.4 is 18.9 Å². The molecule has 18 aromatic heterocycles. The molecule has 0 aliphatic rings. The van der Waals surface area contributed by atoms with Crippen LogP contribution in [0.15, 0.2) is 293 Å². The molecule has 24 nitrogen and oxygen atoms in total. The van der Waals surface area contributed by atoms with Gasteiger partial charge < -0.3 is 29.2 Å². The van der Waals surface area contributed by atoms with Crippen molar-refractivity contribution in [2.75, 3.05) is 28.4 Å². The van der Waals surface area contributed by atoms with E-state index in [1.807, 2.05) is 135 Å². The number of aryl methyl sites for hydroxylation is 12. The van der Waals surface area contributed by atoms with Crippen LogP contribution in [0.5, 0.6) is 23.0 Å². The van der Waals surface area contributed by atoms with Gasteiger partial charge in [-0.25, -0.2) is 29.9 Å². The zero-order valence-electron chi connectivity index (χ0n) is 77.7. The molecule has 0 saturated heterocycles. The van der Waals surface area contributed by atoms with Gasteiger partial charge in [0.2, 0.25) is 0 Å². The summed E-state index contributed by atoms with van der Waals surface area (Å²) >= 11 is 0. The molecule has 2 N–H and O–H groups in total. The first kappa shape index (κ1) is 102. The van der Waals surface area contributed by atoms with E-state index in [0.29, 0.717) is 56.8 Å². The van der Waals surface area contributed by atoms with Crippen LogP contribution in [-0.4, -0.2) is 128 Å². The van der Waals surface area contributed by atoms with E-state index in [0.717, 1.165) is 158 Å². The molecule has 0 saturated carbocycles. The van der Waals surface area contributed by atoms with Crippen molar-refractivity contribution in [3.05, 3.63) is 371 Å². The van der Waals surface area contributed by atoms with E-state index in [2.05, 4.69) is 216 Å². The minimum absolute atomic E-state index is 0. The third-order valence-corrected chi connectivity index (χ3v) is 20.4. The molecule has 0 atom stereocenters. The maximum atomic E-state index is 9.81. The minimum Gasteiger partial charge on any atom is -0.497 e. The Morgan fingerprint density at radius 1 is 0.163 bits per heavy atom. The quantitative estimate of drug-likeness (QED) is 0.0806. The maximum absolute atomic E-state index is 9.81. The van der Waals surface area contributed by atoms with Crippen LogP contribution in [0.3, 0.4) is 0 Å². The number of ether oxygens (including phenoxy) is 4. The summed E-state index contributed by atoms with van der Waals surface area (Å²) in [6.45, 7) is 24.4. The molecule has 0 bridgehead atoms. The third kappa shape index (κ3) is 29.2. The Balaban J connectivity index is 0.000000171. The predicted molar refractivity (Wildman–Crippen MR) is 519 cm³/mol. The summed E-state index contributed by atoms with van der Waals surface area (Å²) in [6, 6.07) is 70.1. The molecule has 18 rings (SSSR count). The summed E-state index contributed by atoms with van der Waals surface area (Å²) in [7, 11) is 6.41. The van der Waals surface area contributed by atoms with Crippen LogP contribution in [0.2, 0.25) is 0 Å². The Hall–Kier alpha value is -14.7. The molecule has 0 spiro atoms. The second-order valence-electron chi connectivity index (χ2n) is 31.5. The first-order valence-electron chi connectivity index (χ1n) is 42.6. The fraction of sp³-hybridized carbons (Fsp3) is 0.167. The molecule has 0 unspecified atom stereocenters. The van der Waals surface area contributed by atoms with Gasteiger partial charge in [0.05, 0.1) is 178 Å². The van der Waals surface area contributed by atoms with Crippen LogP contribution in [-0.2, 0) is 63.6 Å². The number of nitrogens with zero attached hydrogens (tertiary/aromatic N) is 18. The summed E-state index contributed by atoms with van der Waals surface area (Å²) in [5, 5.41) is 19.6. The largest absolute Gasteiger partial charge is 0.497 e. The molecule has 0 aliphatic heterocycles. The number of aromatic nitrogens is 18. The minimum atomic E-state index is -0.170. The summed E-state index contributed by atoms with van der Waals surface area (Å²) in [6.07, 6.45) is 21.2. The van der Waals surface area contributed by atoms with Gasteiger partial charge in [0.15, 0.2) is 0 Å². The van der Waals surface area contributed by atoms with E-state index in [-0.39, 0.29) is 63.6 Å².